The van der Waals surface area contributed by atoms with E-state index >= 15 is 0 Å². The van der Waals surface area contributed by atoms with Gasteiger partial charge in [0.25, 0.3) is 5.56 Å². The van der Waals surface area contributed by atoms with Gasteiger partial charge in [0, 0.05) is 24.6 Å². The lowest BCUT2D eigenvalue weighted by Crippen LogP contribution is -2.38. The second kappa shape index (κ2) is 6.48. The van der Waals surface area contributed by atoms with Gasteiger partial charge in [-0.25, -0.2) is 4.79 Å². The first-order chi connectivity index (χ1) is 10.4. The number of esters is 1. The number of H-pyrrole nitrogens is 1. The number of ether oxygens (including phenoxy) is 2. The third-order valence-corrected chi connectivity index (χ3v) is 4.10. The lowest BCUT2D eigenvalue weighted by Gasteiger charge is -2.22. The Labute approximate surface area is 128 Å². The van der Waals surface area contributed by atoms with Crippen LogP contribution in [0.4, 0.5) is 0 Å². The van der Waals surface area contributed by atoms with Crippen LogP contribution < -0.4 is 11.2 Å². The summed E-state index contributed by atoms with van der Waals surface area (Å²) in [7, 11) is 0. The molecule has 2 heterocycles. The minimum atomic E-state index is -0.724. The summed E-state index contributed by atoms with van der Waals surface area (Å²) in [6.07, 6.45) is 1.33. The molecule has 1 saturated heterocycles. The molecule has 7 heteroatoms. The van der Waals surface area contributed by atoms with Crippen molar-refractivity contribution in [3.63, 3.8) is 0 Å². The van der Waals surface area contributed by atoms with Crippen molar-refractivity contribution in [3.8, 4) is 0 Å². The van der Waals surface area contributed by atoms with Crippen molar-refractivity contribution in [2.24, 2.45) is 5.92 Å². The average molecular weight is 310 g/mol. The third kappa shape index (κ3) is 2.99. The molecule has 1 aromatic heterocycles. The Morgan fingerprint density at radius 1 is 1.41 bits per heavy atom. The molecule has 7 nitrogen and oxygen atoms in total. The molecule has 1 aliphatic heterocycles. The molecule has 0 bridgehead atoms. The van der Waals surface area contributed by atoms with Crippen LogP contribution in [0.25, 0.3) is 0 Å². The number of carbonyl (C=O) groups excluding carboxylic acids is 1. The molecular formula is C15H22N2O5. The Morgan fingerprint density at radius 3 is 2.64 bits per heavy atom. The molecule has 2 rings (SSSR count). The summed E-state index contributed by atoms with van der Waals surface area (Å²) in [5.74, 6) is -0.460. The molecule has 1 N–H and O–H groups in total. The first kappa shape index (κ1) is 16.5. The van der Waals surface area contributed by atoms with E-state index in [9.17, 15) is 14.4 Å². The highest BCUT2D eigenvalue weighted by molar-refractivity contribution is 5.66. The predicted molar refractivity (Wildman–Crippen MR) is 79.6 cm³/mol. The van der Waals surface area contributed by atoms with Crippen LogP contribution in [-0.4, -0.2) is 27.7 Å². The van der Waals surface area contributed by atoms with E-state index in [2.05, 4.69) is 4.98 Å². The molecule has 1 aromatic rings. The summed E-state index contributed by atoms with van der Waals surface area (Å²) in [5.41, 5.74) is -0.475. The molecule has 0 amide bonds. The molecule has 1 unspecified atom stereocenters. The molecule has 0 aromatic carbocycles. The number of hydrogen-bond acceptors (Lipinski definition) is 5. The molecule has 1 aliphatic rings. The first-order valence-corrected chi connectivity index (χ1v) is 7.56. The fraction of sp³-hybridized carbons (Fsp3) is 0.667. The zero-order chi connectivity index (χ0) is 16.4. The van der Waals surface area contributed by atoms with Crippen molar-refractivity contribution < 1.29 is 14.3 Å². The summed E-state index contributed by atoms with van der Waals surface area (Å²) < 4.78 is 12.6. The molecule has 4 atom stereocenters. The number of aromatic amines is 1. The van der Waals surface area contributed by atoms with E-state index in [-0.39, 0.29) is 12.0 Å². The van der Waals surface area contributed by atoms with Gasteiger partial charge in [-0.1, -0.05) is 20.8 Å². The van der Waals surface area contributed by atoms with Gasteiger partial charge in [-0.15, -0.1) is 0 Å². The maximum Gasteiger partial charge on any atom is 0.330 e. The monoisotopic (exact) mass is 310 g/mol. The van der Waals surface area contributed by atoms with E-state index in [4.69, 9.17) is 9.47 Å². The molecule has 1 fully saturated rings. The molecule has 22 heavy (non-hydrogen) atoms. The van der Waals surface area contributed by atoms with Gasteiger partial charge in [0.2, 0.25) is 0 Å². The largest absolute Gasteiger partial charge is 0.457 e. The summed E-state index contributed by atoms with van der Waals surface area (Å²) in [6, 6.07) is 0. The topological polar surface area (TPSA) is 90.4 Å². The SMILES string of the molecule is CCc1cn([C@@H]2O[C@H](CC)C(C)[C@@H]2OC(C)=O)c(=O)[nH]c1=O. The number of rotatable bonds is 4. The molecular weight excluding hydrogens is 288 g/mol. The smallest absolute Gasteiger partial charge is 0.330 e. The van der Waals surface area contributed by atoms with Gasteiger partial charge in [-0.3, -0.25) is 19.1 Å². The normalized spacial score (nSPS) is 27.8. The van der Waals surface area contributed by atoms with Crippen LogP contribution in [0.2, 0.25) is 0 Å². The van der Waals surface area contributed by atoms with Crippen molar-refractivity contribution >= 4 is 5.97 Å². The number of carbonyl (C=O) groups is 1. The number of hydrogen-bond donors (Lipinski definition) is 1. The van der Waals surface area contributed by atoms with E-state index in [0.717, 1.165) is 6.42 Å². The van der Waals surface area contributed by atoms with Crippen molar-refractivity contribution in [3.05, 3.63) is 32.6 Å². The second-order valence-electron chi connectivity index (χ2n) is 5.58. The maximum absolute atomic E-state index is 12.1. The predicted octanol–water partition coefficient (Wildman–Crippen LogP) is 0.974. The van der Waals surface area contributed by atoms with Crippen LogP contribution in [0.15, 0.2) is 15.8 Å². The van der Waals surface area contributed by atoms with Crippen molar-refractivity contribution in [2.75, 3.05) is 0 Å². The fourth-order valence-electron chi connectivity index (χ4n) is 2.87. The lowest BCUT2D eigenvalue weighted by atomic mass is 9.98. The Morgan fingerprint density at radius 2 is 2.09 bits per heavy atom. The fourth-order valence-corrected chi connectivity index (χ4v) is 2.87. The minimum Gasteiger partial charge on any atom is -0.457 e. The first-order valence-electron chi connectivity index (χ1n) is 7.56. The van der Waals surface area contributed by atoms with E-state index < -0.39 is 29.6 Å². The lowest BCUT2D eigenvalue weighted by molar-refractivity contribution is -0.153. The highest BCUT2D eigenvalue weighted by Gasteiger charge is 2.44. The number of nitrogens with one attached hydrogen (secondary N) is 1. The quantitative estimate of drug-likeness (QED) is 0.837. The number of nitrogens with zero attached hydrogens (tertiary/aromatic N) is 1. The molecule has 0 saturated carbocycles. The van der Waals surface area contributed by atoms with Crippen molar-refractivity contribution in [1.82, 2.24) is 9.55 Å². The summed E-state index contributed by atoms with van der Waals surface area (Å²) in [5, 5.41) is 0. The van der Waals surface area contributed by atoms with Crippen LogP contribution in [0.5, 0.6) is 0 Å². The minimum absolute atomic E-state index is 0.0391. The Balaban J connectivity index is 2.46. The van der Waals surface area contributed by atoms with Crippen LogP contribution in [0, 0.1) is 5.92 Å². The second-order valence-corrected chi connectivity index (χ2v) is 5.58. The van der Waals surface area contributed by atoms with E-state index in [0.29, 0.717) is 12.0 Å². The average Bonchev–Trinajstić information content (AvgIpc) is 2.75. The Kier molecular flexibility index (Phi) is 4.85. The van der Waals surface area contributed by atoms with Gasteiger partial charge in [-0.2, -0.15) is 0 Å². The van der Waals surface area contributed by atoms with E-state index in [1.54, 1.807) is 0 Å². The third-order valence-electron chi connectivity index (χ3n) is 4.10. The standard InChI is InChI=1S/C15H22N2O5/c1-5-10-7-17(15(20)16-13(10)19)14-12(21-9(4)18)8(3)11(6-2)22-14/h7-8,11-12,14H,5-6H2,1-4H3,(H,16,19,20)/t8?,11-,12+,14-/m1/s1. The van der Waals surface area contributed by atoms with Crippen LogP contribution in [-0.2, 0) is 20.7 Å². The van der Waals surface area contributed by atoms with Crippen LogP contribution in [0.1, 0.15) is 45.9 Å². The highest BCUT2D eigenvalue weighted by atomic mass is 16.6. The molecule has 0 radical (unpaired) electrons. The Hall–Kier alpha value is -1.89. The molecule has 0 spiro atoms. The zero-order valence-corrected chi connectivity index (χ0v) is 13.3. The maximum atomic E-state index is 12.1. The molecule has 0 aliphatic carbocycles. The van der Waals surface area contributed by atoms with Gasteiger partial charge >= 0.3 is 11.7 Å². The van der Waals surface area contributed by atoms with Gasteiger partial charge in [0.1, 0.15) is 0 Å². The van der Waals surface area contributed by atoms with E-state index in [1.807, 2.05) is 20.8 Å². The van der Waals surface area contributed by atoms with Gasteiger partial charge in [0.15, 0.2) is 12.3 Å². The van der Waals surface area contributed by atoms with E-state index in [1.165, 1.54) is 17.7 Å². The zero-order valence-electron chi connectivity index (χ0n) is 13.3. The van der Waals surface area contributed by atoms with Gasteiger partial charge < -0.3 is 9.47 Å². The molecule has 122 valence electrons. The van der Waals surface area contributed by atoms with Crippen LogP contribution in [0.3, 0.4) is 0 Å². The highest BCUT2D eigenvalue weighted by Crippen LogP contribution is 2.36. The number of aromatic nitrogens is 2. The van der Waals surface area contributed by atoms with Gasteiger partial charge in [-0.05, 0) is 12.8 Å². The summed E-state index contributed by atoms with van der Waals surface area (Å²) in [6.45, 7) is 7.06. The van der Waals surface area contributed by atoms with Gasteiger partial charge in [0.05, 0.1) is 6.10 Å². The van der Waals surface area contributed by atoms with Crippen molar-refractivity contribution in [1.29, 1.82) is 0 Å². The number of aryl methyl sites for hydroxylation is 1. The summed E-state index contributed by atoms with van der Waals surface area (Å²) in [4.78, 5) is 37.4. The summed E-state index contributed by atoms with van der Waals surface area (Å²) >= 11 is 0. The van der Waals surface area contributed by atoms with Crippen molar-refractivity contribution in [2.45, 2.75) is 59.0 Å². The Bertz CT molecular complexity index is 663. The van der Waals surface area contributed by atoms with Crippen LogP contribution >= 0.6 is 0 Å².